The minimum Gasteiger partial charge on any atom is -0.456 e. The SMILES string of the molecule is CC1(C)c2ccccc2-c2cccc(N(c3ccc(-c4cccc5oc6ccccc6c45)cc3)c3ccc4c(oc5ccccc54)c3-c3ccccc3-n3c4ccccc4c4ccccc43)c21. The first-order chi connectivity index (χ1) is 33.0. The normalized spacial score (nSPS) is 13.0. The van der Waals surface area contributed by atoms with E-state index in [1.54, 1.807) is 0 Å². The van der Waals surface area contributed by atoms with Crippen LogP contribution in [0.3, 0.4) is 0 Å². The zero-order valence-corrected chi connectivity index (χ0v) is 37.0. The van der Waals surface area contributed by atoms with Gasteiger partial charge in [-0.25, -0.2) is 0 Å². The van der Waals surface area contributed by atoms with Gasteiger partial charge in [-0.2, -0.15) is 0 Å². The molecule has 3 aromatic heterocycles. The molecule has 4 nitrogen and oxygen atoms in total. The van der Waals surface area contributed by atoms with Crippen molar-refractivity contribution in [1.29, 1.82) is 0 Å². The molecule has 13 aromatic rings. The highest BCUT2D eigenvalue weighted by molar-refractivity contribution is 6.16. The maximum absolute atomic E-state index is 7.13. The fraction of sp³-hybridized carbons (Fsp3) is 0.0476. The molecule has 0 amide bonds. The molecule has 10 aromatic carbocycles. The smallest absolute Gasteiger partial charge is 0.145 e. The topological polar surface area (TPSA) is 34.5 Å². The Hall–Kier alpha value is -8.60. The minimum atomic E-state index is -0.288. The summed E-state index contributed by atoms with van der Waals surface area (Å²) in [6.07, 6.45) is 0. The number of rotatable bonds is 6. The molecular formula is C63H42N2O2. The van der Waals surface area contributed by atoms with Crippen molar-refractivity contribution < 1.29 is 8.83 Å². The first-order valence-corrected chi connectivity index (χ1v) is 23.1. The molecule has 0 atom stereocenters. The number of nitrogens with zero attached hydrogens (tertiary/aromatic N) is 2. The Bertz CT molecular complexity index is 4090. The minimum absolute atomic E-state index is 0.288. The summed E-state index contributed by atoms with van der Waals surface area (Å²) in [5.41, 5.74) is 19.3. The van der Waals surface area contributed by atoms with Crippen LogP contribution in [0.4, 0.5) is 17.1 Å². The van der Waals surface area contributed by atoms with Gasteiger partial charge < -0.3 is 18.3 Å². The van der Waals surface area contributed by atoms with E-state index in [9.17, 15) is 0 Å². The van der Waals surface area contributed by atoms with Crippen LogP contribution in [-0.2, 0) is 5.41 Å². The fourth-order valence-corrected chi connectivity index (χ4v) is 11.5. The highest BCUT2D eigenvalue weighted by Gasteiger charge is 2.39. The number of hydrogen-bond donors (Lipinski definition) is 0. The van der Waals surface area contributed by atoms with E-state index in [-0.39, 0.29) is 5.41 Å². The van der Waals surface area contributed by atoms with Crippen LogP contribution in [0.5, 0.6) is 0 Å². The Kier molecular flexibility index (Phi) is 8.00. The zero-order valence-electron chi connectivity index (χ0n) is 37.0. The molecule has 67 heavy (non-hydrogen) atoms. The van der Waals surface area contributed by atoms with Crippen molar-refractivity contribution in [3.8, 4) is 39.1 Å². The molecule has 0 N–H and O–H groups in total. The summed E-state index contributed by atoms with van der Waals surface area (Å²) < 4.78 is 15.9. The van der Waals surface area contributed by atoms with Crippen molar-refractivity contribution in [3.05, 3.63) is 230 Å². The molecule has 14 rings (SSSR count). The number of para-hydroxylation sites is 5. The predicted octanol–water partition coefficient (Wildman–Crippen LogP) is 17.7. The number of furan rings is 2. The third-order valence-electron chi connectivity index (χ3n) is 14.4. The monoisotopic (exact) mass is 858 g/mol. The molecule has 3 heterocycles. The lowest BCUT2D eigenvalue weighted by Crippen LogP contribution is -2.21. The van der Waals surface area contributed by atoms with Crippen LogP contribution in [0, 0.1) is 0 Å². The van der Waals surface area contributed by atoms with Crippen molar-refractivity contribution >= 4 is 82.7 Å². The van der Waals surface area contributed by atoms with Crippen molar-refractivity contribution in [2.45, 2.75) is 19.3 Å². The standard InChI is InChI=1S/C63H42N2O2/c1-63(2)50-25-9-3-17-42(50)46-24-15-29-55(61(46)63)64(40-35-33-39(34-36-40)41-23-16-32-58-59(41)49-22-8-14-31-57(49)66-58)54-38-37-47-45-20-7-13-30-56(45)67-62(47)60(54)48-21-6-12-28-53(48)65-51-26-10-4-18-43(51)44-19-5-11-27-52(44)65/h3-38H,1-2H3. The van der Waals surface area contributed by atoms with Gasteiger partial charge in [0.15, 0.2) is 0 Å². The van der Waals surface area contributed by atoms with Gasteiger partial charge in [0, 0.05) is 49.0 Å². The summed E-state index contributed by atoms with van der Waals surface area (Å²) >= 11 is 0. The second-order valence-electron chi connectivity index (χ2n) is 18.4. The third kappa shape index (κ3) is 5.41. The van der Waals surface area contributed by atoms with Crippen LogP contribution < -0.4 is 4.90 Å². The molecular weight excluding hydrogens is 817 g/mol. The highest BCUT2D eigenvalue weighted by atomic mass is 16.3. The second kappa shape index (κ2) is 14.2. The predicted molar refractivity (Wildman–Crippen MR) is 278 cm³/mol. The van der Waals surface area contributed by atoms with E-state index in [1.807, 2.05) is 12.1 Å². The zero-order chi connectivity index (χ0) is 44.4. The molecule has 0 unspecified atom stereocenters. The van der Waals surface area contributed by atoms with Crippen LogP contribution in [0.2, 0.25) is 0 Å². The average molecular weight is 859 g/mol. The maximum atomic E-state index is 7.13. The molecule has 0 saturated carbocycles. The van der Waals surface area contributed by atoms with Gasteiger partial charge in [-0.1, -0.05) is 166 Å². The Balaban J connectivity index is 1.07. The van der Waals surface area contributed by atoms with Gasteiger partial charge in [0.1, 0.15) is 22.3 Å². The highest BCUT2D eigenvalue weighted by Crippen LogP contribution is 2.56. The van der Waals surface area contributed by atoms with E-state index in [0.717, 1.165) is 99.9 Å². The van der Waals surface area contributed by atoms with E-state index in [1.165, 1.54) is 33.0 Å². The summed E-state index contributed by atoms with van der Waals surface area (Å²) in [6.45, 7) is 4.75. The summed E-state index contributed by atoms with van der Waals surface area (Å²) in [5, 5.41) is 6.85. The van der Waals surface area contributed by atoms with Crippen LogP contribution in [0.25, 0.3) is 105 Å². The summed E-state index contributed by atoms with van der Waals surface area (Å²) in [4.78, 5) is 2.49. The van der Waals surface area contributed by atoms with Crippen LogP contribution >= 0.6 is 0 Å². The van der Waals surface area contributed by atoms with Crippen molar-refractivity contribution in [1.82, 2.24) is 4.57 Å². The Morgan fingerprint density at radius 2 is 0.985 bits per heavy atom. The van der Waals surface area contributed by atoms with Gasteiger partial charge in [-0.15, -0.1) is 0 Å². The molecule has 0 radical (unpaired) electrons. The van der Waals surface area contributed by atoms with Crippen LogP contribution in [-0.4, -0.2) is 4.57 Å². The van der Waals surface area contributed by atoms with Gasteiger partial charge in [0.2, 0.25) is 0 Å². The number of hydrogen-bond acceptors (Lipinski definition) is 3. The number of anilines is 3. The molecule has 0 bridgehead atoms. The molecule has 316 valence electrons. The van der Waals surface area contributed by atoms with Gasteiger partial charge in [0.05, 0.1) is 33.7 Å². The van der Waals surface area contributed by atoms with E-state index < -0.39 is 0 Å². The fourth-order valence-electron chi connectivity index (χ4n) is 11.5. The second-order valence-corrected chi connectivity index (χ2v) is 18.4. The number of aromatic nitrogens is 1. The van der Waals surface area contributed by atoms with E-state index in [2.05, 4.69) is 230 Å². The van der Waals surface area contributed by atoms with E-state index in [0.29, 0.717) is 0 Å². The Labute approximate surface area is 387 Å². The first kappa shape index (κ1) is 37.7. The van der Waals surface area contributed by atoms with Crippen molar-refractivity contribution in [2.75, 3.05) is 4.90 Å². The Morgan fingerprint density at radius 1 is 0.403 bits per heavy atom. The lowest BCUT2D eigenvalue weighted by atomic mass is 9.81. The summed E-state index contributed by atoms with van der Waals surface area (Å²) in [6, 6.07) is 78.9. The molecule has 0 fully saturated rings. The average Bonchev–Trinajstić information content (AvgIpc) is 4.11. The maximum Gasteiger partial charge on any atom is 0.145 e. The molecule has 0 saturated heterocycles. The number of benzene rings is 10. The summed E-state index contributed by atoms with van der Waals surface area (Å²) in [5.74, 6) is 0. The lowest BCUT2D eigenvalue weighted by Gasteiger charge is -2.33. The molecule has 0 aliphatic heterocycles. The quantitative estimate of drug-likeness (QED) is 0.167. The van der Waals surface area contributed by atoms with Gasteiger partial charge in [-0.3, -0.25) is 0 Å². The molecule has 4 heteroatoms. The summed E-state index contributed by atoms with van der Waals surface area (Å²) in [7, 11) is 0. The third-order valence-corrected chi connectivity index (χ3v) is 14.4. The van der Waals surface area contributed by atoms with Crippen molar-refractivity contribution in [3.63, 3.8) is 0 Å². The van der Waals surface area contributed by atoms with Gasteiger partial charge >= 0.3 is 0 Å². The Morgan fingerprint density at radius 3 is 1.76 bits per heavy atom. The van der Waals surface area contributed by atoms with Crippen molar-refractivity contribution in [2.24, 2.45) is 0 Å². The molecule has 0 spiro atoms. The first-order valence-electron chi connectivity index (χ1n) is 23.1. The number of fused-ring (bicyclic) bond motifs is 12. The van der Waals surface area contributed by atoms with E-state index >= 15 is 0 Å². The lowest BCUT2D eigenvalue weighted by molar-refractivity contribution is 0.660. The van der Waals surface area contributed by atoms with E-state index in [4.69, 9.17) is 8.83 Å². The van der Waals surface area contributed by atoms with Crippen LogP contribution in [0.1, 0.15) is 25.0 Å². The largest absolute Gasteiger partial charge is 0.456 e. The molecule has 1 aliphatic carbocycles. The van der Waals surface area contributed by atoms with Crippen LogP contribution in [0.15, 0.2) is 227 Å². The van der Waals surface area contributed by atoms with Gasteiger partial charge in [0.25, 0.3) is 0 Å². The van der Waals surface area contributed by atoms with Gasteiger partial charge in [-0.05, 0) is 100 Å². The molecule has 1 aliphatic rings.